The van der Waals surface area contributed by atoms with Gasteiger partial charge in [-0.1, -0.05) is 25.5 Å². The van der Waals surface area contributed by atoms with E-state index in [0.717, 1.165) is 18.8 Å². The van der Waals surface area contributed by atoms with Crippen LogP contribution in [0.25, 0.3) is 0 Å². The number of hydrogen-bond acceptors (Lipinski definition) is 2. The van der Waals surface area contributed by atoms with Crippen LogP contribution >= 0.6 is 0 Å². The van der Waals surface area contributed by atoms with Gasteiger partial charge in [-0.25, -0.2) is 0 Å². The fourth-order valence-corrected chi connectivity index (χ4v) is 3.86. The van der Waals surface area contributed by atoms with Crippen LogP contribution in [-0.4, -0.2) is 12.1 Å². The summed E-state index contributed by atoms with van der Waals surface area (Å²) in [6.45, 7) is 4.76. The Labute approximate surface area is 97.1 Å². The molecule has 0 spiro atoms. The van der Waals surface area contributed by atoms with Gasteiger partial charge in [-0.05, 0) is 30.6 Å². The van der Waals surface area contributed by atoms with Crippen molar-refractivity contribution in [3.05, 3.63) is 11.6 Å². The van der Waals surface area contributed by atoms with Crippen LogP contribution in [0.2, 0.25) is 0 Å². The Morgan fingerprint density at radius 3 is 3.06 bits per heavy atom. The summed E-state index contributed by atoms with van der Waals surface area (Å²) >= 11 is 0. The number of carbonyl (C=O) groups is 1. The first-order chi connectivity index (χ1) is 7.59. The van der Waals surface area contributed by atoms with Crippen molar-refractivity contribution in [1.82, 2.24) is 0 Å². The maximum absolute atomic E-state index is 11.4. The van der Waals surface area contributed by atoms with E-state index in [1.54, 1.807) is 5.57 Å². The van der Waals surface area contributed by atoms with E-state index >= 15 is 0 Å². The largest absolute Gasteiger partial charge is 0.462 e. The molecule has 1 aliphatic heterocycles. The van der Waals surface area contributed by atoms with Crippen molar-refractivity contribution in [2.75, 3.05) is 0 Å². The fourth-order valence-electron chi connectivity index (χ4n) is 3.86. The Balaban J connectivity index is 1.91. The Bertz CT molecular complexity index is 358. The van der Waals surface area contributed by atoms with E-state index in [1.165, 1.54) is 12.8 Å². The average molecular weight is 220 g/mol. The SMILES string of the molecule is C[C@@H]1CCC=C2C[C@@H]3OC(=O)CC3C[C@]21C. The normalized spacial score (nSPS) is 46.8. The van der Waals surface area contributed by atoms with Crippen LogP contribution in [-0.2, 0) is 9.53 Å². The minimum absolute atomic E-state index is 0.0190. The third kappa shape index (κ3) is 1.35. The second-order valence-electron chi connectivity index (χ2n) is 6.03. The van der Waals surface area contributed by atoms with Crippen LogP contribution < -0.4 is 0 Å². The monoisotopic (exact) mass is 220 g/mol. The molecule has 1 saturated heterocycles. The number of ether oxygens (including phenoxy) is 1. The maximum atomic E-state index is 11.4. The lowest BCUT2D eigenvalue weighted by Gasteiger charge is -2.47. The molecule has 1 unspecified atom stereocenters. The van der Waals surface area contributed by atoms with Crippen LogP contribution in [0.5, 0.6) is 0 Å². The summed E-state index contributed by atoms with van der Waals surface area (Å²) in [5.41, 5.74) is 1.90. The molecule has 3 aliphatic rings. The predicted octanol–water partition coefficient (Wildman–Crippen LogP) is 3.07. The summed E-state index contributed by atoms with van der Waals surface area (Å²) in [5.74, 6) is 1.25. The number of rotatable bonds is 0. The molecule has 88 valence electrons. The van der Waals surface area contributed by atoms with E-state index in [1.807, 2.05) is 0 Å². The molecule has 4 atom stereocenters. The molecule has 0 amide bonds. The Hall–Kier alpha value is -0.790. The van der Waals surface area contributed by atoms with Crippen LogP contribution in [0.1, 0.15) is 46.0 Å². The summed E-state index contributed by atoms with van der Waals surface area (Å²) in [4.78, 5) is 11.4. The summed E-state index contributed by atoms with van der Waals surface area (Å²) in [5, 5.41) is 0. The van der Waals surface area contributed by atoms with E-state index in [4.69, 9.17) is 4.74 Å². The van der Waals surface area contributed by atoms with Gasteiger partial charge < -0.3 is 4.74 Å². The average Bonchev–Trinajstić information content (AvgIpc) is 2.56. The van der Waals surface area contributed by atoms with E-state index in [0.29, 0.717) is 17.8 Å². The molecule has 0 N–H and O–H groups in total. The van der Waals surface area contributed by atoms with Gasteiger partial charge in [0.05, 0.1) is 6.42 Å². The molecular formula is C14H20O2. The summed E-state index contributed by atoms with van der Waals surface area (Å²) in [7, 11) is 0. The third-order valence-electron chi connectivity index (χ3n) is 5.16. The number of hydrogen-bond donors (Lipinski definition) is 0. The van der Waals surface area contributed by atoms with Gasteiger partial charge in [0.1, 0.15) is 6.10 Å². The number of fused-ring (bicyclic) bond motifs is 2. The van der Waals surface area contributed by atoms with Crippen molar-refractivity contribution in [1.29, 1.82) is 0 Å². The van der Waals surface area contributed by atoms with Crippen molar-refractivity contribution in [2.24, 2.45) is 17.3 Å². The molecule has 0 aromatic heterocycles. The molecule has 16 heavy (non-hydrogen) atoms. The quantitative estimate of drug-likeness (QED) is 0.463. The van der Waals surface area contributed by atoms with E-state index in [9.17, 15) is 4.79 Å². The van der Waals surface area contributed by atoms with E-state index < -0.39 is 0 Å². The topological polar surface area (TPSA) is 26.3 Å². The van der Waals surface area contributed by atoms with Gasteiger partial charge >= 0.3 is 5.97 Å². The lowest BCUT2D eigenvalue weighted by Crippen LogP contribution is -2.40. The molecule has 0 aromatic rings. The predicted molar refractivity (Wildman–Crippen MR) is 61.8 cm³/mol. The Morgan fingerprint density at radius 2 is 2.25 bits per heavy atom. The lowest BCUT2D eigenvalue weighted by atomic mass is 9.58. The molecule has 2 fully saturated rings. The summed E-state index contributed by atoms with van der Waals surface area (Å²) < 4.78 is 5.41. The number of esters is 1. The van der Waals surface area contributed by atoms with Gasteiger partial charge in [-0.2, -0.15) is 0 Å². The molecule has 1 heterocycles. The fraction of sp³-hybridized carbons (Fsp3) is 0.786. The molecular weight excluding hydrogens is 200 g/mol. The van der Waals surface area contributed by atoms with Gasteiger partial charge in [-0.15, -0.1) is 0 Å². The first-order valence-corrected chi connectivity index (χ1v) is 6.48. The molecule has 2 aliphatic carbocycles. The molecule has 1 saturated carbocycles. The highest BCUT2D eigenvalue weighted by molar-refractivity contribution is 5.72. The second-order valence-corrected chi connectivity index (χ2v) is 6.03. The standard InChI is InChI=1S/C14H20O2/c1-9-4-3-5-11-7-12-10(6-13(15)16-12)8-14(9,11)2/h5,9-10,12H,3-4,6-8H2,1-2H3/t9-,10?,12+,14+/m1/s1. The van der Waals surface area contributed by atoms with Gasteiger partial charge in [0, 0.05) is 12.3 Å². The first kappa shape index (κ1) is 10.4. The van der Waals surface area contributed by atoms with Crippen molar-refractivity contribution in [3.8, 4) is 0 Å². The van der Waals surface area contributed by atoms with Crippen molar-refractivity contribution in [2.45, 2.75) is 52.1 Å². The number of carbonyl (C=O) groups excluding carboxylic acids is 1. The molecule has 2 nitrogen and oxygen atoms in total. The summed E-state index contributed by atoms with van der Waals surface area (Å²) in [6.07, 6.45) is 7.90. The van der Waals surface area contributed by atoms with Crippen LogP contribution in [0.3, 0.4) is 0 Å². The zero-order valence-corrected chi connectivity index (χ0v) is 10.2. The molecule has 0 aromatic carbocycles. The Kier molecular flexibility index (Phi) is 2.17. The van der Waals surface area contributed by atoms with Gasteiger partial charge in [-0.3, -0.25) is 4.79 Å². The first-order valence-electron chi connectivity index (χ1n) is 6.48. The van der Waals surface area contributed by atoms with Crippen molar-refractivity contribution in [3.63, 3.8) is 0 Å². The van der Waals surface area contributed by atoms with Gasteiger partial charge in [0.2, 0.25) is 0 Å². The van der Waals surface area contributed by atoms with E-state index in [2.05, 4.69) is 19.9 Å². The minimum atomic E-state index is 0.0190. The third-order valence-corrected chi connectivity index (χ3v) is 5.16. The highest BCUT2D eigenvalue weighted by atomic mass is 16.5. The van der Waals surface area contributed by atoms with Gasteiger partial charge in [0.15, 0.2) is 0 Å². The maximum Gasteiger partial charge on any atom is 0.306 e. The van der Waals surface area contributed by atoms with Crippen molar-refractivity contribution < 1.29 is 9.53 Å². The second kappa shape index (κ2) is 3.35. The smallest absolute Gasteiger partial charge is 0.306 e. The van der Waals surface area contributed by atoms with Crippen LogP contribution in [0.15, 0.2) is 11.6 Å². The lowest BCUT2D eigenvalue weighted by molar-refractivity contribution is -0.141. The molecule has 0 radical (unpaired) electrons. The Morgan fingerprint density at radius 1 is 1.44 bits per heavy atom. The number of allylic oxidation sites excluding steroid dienone is 1. The van der Waals surface area contributed by atoms with Crippen LogP contribution in [0, 0.1) is 17.3 Å². The highest BCUT2D eigenvalue weighted by Gasteiger charge is 2.49. The minimum Gasteiger partial charge on any atom is -0.462 e. The van der Waals surface area contributed by atoms with Gasteiger partial charge in [0.25, 0.3) is 0 Å². The molecule has 3 rings (SSSR count). The highest BCUT2D eigenvalue weighted by Crippen LogP contribution is 2.54. The zero-order chi connectivity index (χ0) is 11.3. The van der Waals surface area contributed by atoms with Crippen LogP contribution in [0.4, 0.5) is 0 Å². The van der Waals surface area contributed by atoms with Crippen molar-refractivity contribution >= 4 is 5.97 Å². The molecule has 2 heteroatoms. The summed E-state index contributed by atoms with van der Waals surface area (Å²) in [6, 6.07) is 0. The zero-order valence-electron chi connectivity index (χ0n) is 10.2. The molecule has 0 bridgehead atoms. The van der Waals surface area contributed by atoms with E-state index in [-0.39, 0.29) is 12.1 Å².